The summed E-state index contributed by atoms with van der Waals surface area (Å²) >= 11 is 5.34. The first-order valence-corrected chi connectivity index (χ1v) is 12.6. The minimum absolute atomic E-state index is 0.00578. The van der Waals surface area contributed by atoms with Crippen molar-refractivity contribution in [3.8, 4) is 0 Å². The van der Waals surface area contributed by atoms with Crippen LogP contribution in [0.15, 0.2) is 84.6 Å². The third kappa shape index (κ3) is 4.73. The number of carbonyl (C=O) groups is 3. The van der Waals surface area contributed by atoms with E-state index in [-0.39, 0.29) is 10.7 Å². The fraction of sp³-hybridized carbons (Fsp3) is 0.133. The Balaban J connectivity index is 1.53. The minimum atomic E-state index is -0.538. The van der Waals surface area contributed by atoms with Crippen molar-refractivity contribution in [1.82, 2.24) is 9.88 Å². The van der Waals surface area contributed by atoms with Gasteiger partial charge in [0.2, 0.25) is 0 Å². The quantitative estimate of drug-likeness (QED) is 0.169. The first kappa shape index (κ1) is 25.1. The van der Waals surface area contributed by atoms with Gasteiger partial charge in [-0.25, -0.2) is 4.79 Å². The molecule has 3 aromatic carbocycles. The van der Waals surface area contributed by atoms with Crippen molar-refractivity contribution in [2.45, 2.75) is 19.9 Å². The Labute approximate surface area is 225 Å². The third-order valence-corrected chi connectivity index (χ3v) is 6.81. The average molecular weight is 524 g/mol. The van der Waals surface area contributed by atoms with Crippen LogP contribution in [-0.4, -0.2) is 34.6 Å². The number of para-hydroxylation sites is 1. The maximum absolute atomic E-state index is 13.5. The Morgan fingerprint density at radius 1 is 1.00 bits per heavy atom. The van der Waals surface area contributed by atoms with E-state index in [1.807, 2.05) is 71.4 Å². The Morgan fingerprint density at radius 3 is 2.50 bits per heavy atom. The summed E-state index contributed by atoms with van der Waals surface area (Å²) in [5.74, 6) is -1.42. The number of carbonyl (C=O) groups excluding carboxylic acids is 3. The van der Waals surface area contributed by atoms with Crippen molar-refractivity contribution in [2.75, 3.05) is 12.0 Å². The number of amides is 2. The van der Waals surface area contributed by atoms with Gasteiger partial charge in [0.15, 0.2) is 5.11 Å². The molecular weight excluding hydrogens is 498 g/mol. The topological polar surface area (TPSA) is 80.6 Å². The molecule has 38 heavy (non-hydrogen) atoms. The largest absolute Gasteiger partial charge is 0.465 e. The number of esters is 1. The number of thiocarbonyl (C=S) groups is 1. The summed E-state index contributed by atoms with van der Waals surface area (Å²) in [7, 11) is 1.35. The van der Waals surface area contributed by atoms with E-state index in [0.29, 0.717) is 17.8 Å². The van der Waals surface area contributed by atoms with E-state index < -0.39 is 17.8 Å². The van der Waals surface area contributed by atoms with Crippen molar-refractivity contribution in [3.63, 3.8) is 0 Å². The second kappa shape index (κ2) is 10.4. The van der Waals surface area contributed by atoms with Crippen LogP contribution in [-0.2, 0) is 27.3 Å². The number of hydrogen-bond acceptors (Lipinski definition) is 5. The maximum atomic E-state index is 13.5. The molecule has 1 aromatic heterocycles. The van der Waals surface area contributed by atoms with Gasteiger partial charge in [-0.05, 0) is 66.2 Å². The van der Waals surface area contributed by atoms with Gasteiger partial charge in [0, 0.05) is 29.2 Å². The zero-order chi connectivity index (χ0) is 26.8. The molecule has 0 aliphatic carbocycles. The van der Waals surface area contributed by atoms with Gasteiger partial charge in [0.25, 0.3) is 11.8 Å². The highest BCUT2D eigenvalue weighted by atomic mass is 32.1. The van der Waals surface area contributed by atoms with E-state index in [1.165, 1.54) is 12.0 Å². The molecule has 2 heterocycles. The van der Waals surface area contributed by atoms with E-state index in [0.717, 1.165) is 34.0 Å². The van der Waals surface area contributed by atoms with Crippen LogP contribution in [0.4, 0.5) is 5.69 Å². The van der Waals surface area contributed by atoms with E-state index in [9.17, 15) is 14.4 Å². The van der Waals surface area contributed by atoms with E-state index >= 15 is 0 Å². The summed E-state index contributed by atoms with van der Waals surface area (Å²) in [6.45, 7) is 2.54. The lowest BCUT2D eigenvalue weighted by Gasteiger charge is -2.29. The van der Waals surface area contributed by atoms with Gasteiger partial charge >= 0.3 is 5.97 Å². The van der Waals surface area contributed by atoms with Gasteiger partial charge < -0.3 is 9.30 Å². The Kier molecular flexibility index (Phi) is 6.89. The fourth-order valence-corrected chi connectivity index (χ4v) is 4.84. The van der Waals surface area contributed by atoms with Gasteiger partial charge in [-0.15, -0.1) is 0 Å². The number of rotatable bonds is 6. The zero-order valence-corrected chi connectivity index (χ0v) is 21.7. The van der Waals surface area contributed by atoms with Gasteiger partial charge in [0.05, 0.1) is 18.4 Å². The molecule has 7 nitrogen and oxygen atoms in total. The highest BCUT2D eigenvalue weighted by molar-refractivity contribution is 7.80. The standard InChI is InChI=1S/C30H25N3O4S/c1-3-19-11-13-23(14-12-19)33-28(35)25(27(34)31-30(33)38)16-22-18-32(26-10-5-4-9-24(22)26)17-20-7-6-8-21(15-20)29(36)37-2/h4-16,18H,3,17H2,1-2H3,(H,31,34,38)/b25-16+. The zero-order valence-electron chi connectivity index (χ0n) is 20.9. The molecule has 1 fully saturated rings. The smallest absolute Gasteiger partial charge is 0.337 e. The lowest BCUT2D eigenvalue weighted by molar-refractivity contribution is -0.122. The monoisotopic (exact) mass is 523 g/mol. The maximum Gasteiger partial charge on any atom is 0.337 e. The SMILES string of the molecule is CCc1ccc(N2C(=O)/C(=C/c3cn(Cc4cccc(C(=O)OC)c4)c4ccccc34)C(=O)NC2=S)cc1. The van der Waals surface area contributed by atoms with Gasteiger partial charge in [-0.1, -0.05) is 49.4 Å². The molecule has 0 radical (unpaired) electrons. The van der Waals surface area contributed by atoms with Crippen LogP contribution in [0, 0.1) is 0 Å². The lowest BCUT2D eigenvalue weighted by atomic mass is 10.1. The molecular formula is C30H25N3O4S. The predicted molar refractivity (Wildman–Crippen MR) is 151 cm³/mol. The Bertz CT molecular complexity index is 1620. The second-order valence-electron chi connectivity index (χ2n) is 8.90. The average Bonchev–Trinajstić information content (AvgIpc) is 3.28. The summed E-state index contributed by atoms with van der Waals surface area (Å²) in [4.78, 5) is 39.8. The molecule has 1 saturated heterocycles. The van der Waals surface area contributed by atoms with Crippen LogP contribution in [0.1, 0.15) is 34.0 Å². The van der Waals surface area contributed by atoms with Crippen LogP contribution in [0.5, 0.6) is 0 Å². The molecule has 190 valence electrons. The van der Waals surface area contributed by atoms with Crippen molar-refractivity contribution >= 4 is 57.8 Å². The molecule has 0 bridgehead atoms. The number of aromatic nitrogens is 1. The minimum Gasteiger partial charge on any atom is -0.465 e. The number of hydrogen-bond donors (Lipinski definition) is 1. The van der Waals surface area contributed by atoms with Crippen molar-refractivity contribution in [3.05, 3.63) is 107 Å². The molecule has 2 amide bonds. The molecule has 5 rings (SSSR count). The molecule has 0 spiro atoms. The van der Waals surface area contributed by atoms with Crippen LogP contribution < -0.4 is 10.2 Å². The van der Waals surface area contributed by atoms with E-state index in [2.05, 4.69) is 12.2 Å². The number of benzene rings is 3. The molecule has 4 aromatic rings. The fourth-order valence-electron chi connectivity index (χ4n) is 4.56. The molecule has 0 atom stereocenters. The summed E-state index contributed by atoms with van der Waals surface area (Å²) < 4.78 is 6.87. The van der Waals surface area contributed by atoms with Crippen molar-refractivity contribution in [2.24, 2.45) is 0 Å². The van der Waals surface area contributed by atoms with Crippen molar-refractivity contribution in [1.29, 1.82) is 0 Å². The van der Waals surface area contributed by atoms with Crippen LogP contribution in [0.2, 0.25) is 0 Å². The molecule has 0 saturated carbocycles. The first-order valence-electron chi connectivity index (χ1n) is 12.1. The number of nitrogens with one attached hydrogen (secondary N) is 1. The molecule has 1 aliphatic heterocycles. The number of fused-ring (bicyclic) bond motifs is 1. The number of methoxy groups -OCH3 is 1. The summed E-state index contributed by atoms with van der Waals surface area (Å²) in [5, 5.41) is 3.59. The normalized spacial score (nSPS) is 14.7. The van der Waals surface area contributed by atoms with Gasteiger partial charge in [-0.3, -0.25) is 19.8 Å². The first-order chi connectivity index (χ1) is 18.4. The Hall–Kier alpha value is -4.56. The highest BCUT2D eigenvalue weighted by Crippen LogP contribution is 2.27. The number of aryl methyl sites for hydroxylation is 1. The molecule has 0 unspecified atom stereocenters. The third-order valence-electron chi connectivity index (χ3n) is 6.52. The molecule has 8 heteroatoms. The number of anilines is 1. The summed E-state index contributed by atoms with van der Waals surface area (Å²) in [6.07, 6.45) is 4.38. The highest BCUT2D eigenvalue weighted by Gasteiger charge is 2.34. The Morgan fingerprint density at radius 2 is 1.76 bits per heavy atom. The van der Waals surface area contributed by atoms with Crippen LogP contribution in [0.3, 0.4) is 0 Å². The van der Waals surface area contributed by atoms with Crippen LogP contribution >= 0.6 is 12.2 Å². The predicted octanol–water partition coefficient (Wildman–Crippen LogP) is 4.87. The summed E-state index contributed by atoms with van der Waals surface area (Å²) in [6, 6.07) is 22.5. The van der Waals surface area contributed by atoms with E-state index in [1.54, 1.807) is 18.2 Å². The second-order valence-corrected chi connectivity index (χ2v) is 9.29. The summed E-state index contributed by atoms with van der Waals surface area (Å²) in [5.41, 5.74) is 4.74. The van der Waals surface area contributed by atoms with Crippen molar-refractivity contribution < 1.29 is 19.1 Å². The van der Waals surface area contributed by atoms with E-state index in [4.69, 9.17) is 17.0 Å². The number of ether oxygens (including phenoxy) is 1. The van der Waals surface area contributed by atoms with Gasteiger partial charge in [0.1, 0.15) is 5.57 Å². The van der Waals surface area contributed by atoms with Crippen LogP contribution in [0.25, 0.3) is 17.0 Å². The number of nitrogens with zero attached hydrogens (tertiary/aromatic N) is 2. The lowest BCUT2D eigenvalue weighted by Crippen LogP contribution is -2.54. The molecule has 1 N–H and O–H groups in total. The van der Waals surface area contributed by atoms with Gasteiger partial charge in [-0.2, -0.15) is 0 Å². The molecule has 1 aliphatic rings.